The molecule has 0 aliphatic carbocycles. The van der Waals surface area contributed by atoms with Crippen LogP contribution in [0, 0.1) is 11.8 Å². The molecular weight excluding hydrogens is 248 g/mol. The molecule has 2 rings (SSSR count). The van der Waals surface area contributed by atoms with Crippen LogP contribution in [-0.4, -0.2) is 36.9 Å². The van der Waals surface area contributed by atoms with E-state index in [2.05, 4.69) is 0 Å². The largest absolute Gasteiger partial charge is 0.497 e. The number of benzene rings is 1. The van der Waals surface area contributed by atoms with Gasteiger partial charge in [0.2, 0.25) is 0 Å². The molecule has 1 N–H and O–H groups in total. The summed E-state index contributed by atoms with van der Waals surface area (Å²) in [5.74, 6) is 4.78. The highest BCUT2D eigenvalue weighted by molar-refractivity contribution is 7.99. The fourth-order valence-corrected chi connectivity index (χ4v) is 3.53. The van der Waals surface area contributed by atoms with E-state index >= 15 is 0 Å². The van der Waals surface area contributed by atoms with Crippen molar-refractivity contribution < 1.29 is 14.6 Å². The lowest BCUT2D eigenvalue weighted by Crippen LogP contribution is -2.25. The maximum Gasteiger partial charge on any atom is 0.123 e. The second-order valence-electron chi connectivity index (χ2n) is 4.56. The van der Waals surface area contributed by atoms with E-state index in [1.54, 1.807) is 7.11 Å². The molecule has 3 nitrogen and oxygen atoms in total. The lowest BCUT2D eigenvalue weighted by molar-refractivity contribution is 0.126. The number of hydrogen-bond acceptors (Lipinski definition) is 4. The van der Waals surface area contributed by atoms with Crippen molar-refractivity contribution in [3.8, 4) is 11.5 Å². The van der Waals surface area contributed by atoms with Crippen molar-refractivity contribution in [2.45, 2.75) is 6.42 Å². The Bertz CT molecular complexity index is 364. The number of thioether (sulfide) groups is 1. The molecule has 100 valence electrons. The van der Waals surface area contributed by atoms with E-state index in [0.717, 1.165) is 17.3 Å². The first-order valence-corrected chi connectivity index (χ1v) is 7.44. The van der Waals surface area contributed by atoms with E-state index in [-0.39, 0.29) is 12.5 Å². The van der Waals surface area contributed by atoms with Gasteiger partial charge in [-0.05, 0) is 36.0 Å². The molecule has 1 aliphatic heterocycles. The number of aliphatic hydroxyl groups is 1. The third kappa shape index (κ3) is 3.56. The van der Waals surface area contributed by atoms with Crippen LogP contribution in [0.4, 0.5) is 0 Å². The molecule has 1 aliphatic rings. The van der Waals surface area contributed by atoms with Crippen molar-refractivity contribution in [2.24, 2.45) is 11.8 Å². The van der Waals surface area contributed by atoms with Gasteiger partial charge in [0.25, 0.3) is 0 Å². The Morgan fingerprint density at radius 3 is 2.94 bits per heavy atom. The molecule has 1 saturated heterocycles. The Kier molecular flexibility index (Phi) is 5.20. The minimum Gasteiger partial charge on any atom is -0.497 e. The van der Waals surface area contributed by atoms with Gasteiger partial charge in [0, 0.05) is 18.6 Å². The summed E-state index contributed by atoms with van der Waals surface area (Å²) in [5.41, 5.74) is 0. The Balaban J connectivity index is 1.88. The van der Waals surface area contributed by atoms with Gasteiger partial charge in [-0.1, -0.05) is 6.07 Å². The standard InChI is InChI=1S/C14H20O3S/c1-16-13-3-2-4-14(7-13)17-9-12(8-15)11-5-6-18-10-11/h2-4,7,11-12,15H,5-6,8-10H2,1H3. The molecule has 0 spiro atoms. The molecule has 1 aromatic carbocycles. The number of aliphatic hydroxyl groups excluding tert-OH is 1. The lowest BCUT2D eigenvalue weighted by Gasteiger charge is -2.21. The summed E-state index contributed by atoms with van der Waals surface area (Å²) in [5, 5.41) is 9.45. The van der Waals surface area contributed by atoms with Gasteiger partial charge in [0.05, 0.1) is 13.7 Å². The van der Waals surface area contributed by atoms with E-state index in [4.69, 9.17) is 9.47 Å². The van der Waals surface area contributed by atoms with Crippen LogP contribution in [0.3, 0.4) is 0 Å². The van der Waals surface area contributed by atoms with Gasteiger partial charge in [-0.3, -0.25) is 0 Å². The zero-order valence-corrected chi connectivity index (χ0v) is 11.5. The minimum atomic E-state index is 0.204. The van der Waals surface area contributed by atoms with Crippen LogP contribution in [-0.2, 0) is 0 Å². The van der Waals surface area contributed by atoms with E-state index in [1.165, 1.54) is 12.2 Å². The first-order valence-electron chi connectivity index (χ1n) is 6.29. The molecule has 0 saturated carbocycles. The highest BCUT2D eigenvalue weighted by atomic mass is 32.2. The summed E-state index contributed by atoms with van der Waals surface area (Å²) in [6, 6.07) is 7.59. The summed E-state index contributed by atoms with van der Waals surface area (Å²) in [4.78, 5) is 0. The van der Waals surface area contributed by atoms with Crippen LogP contribution in [0.15, 0.2) is 24.3 Å². The third-order valence-electron chi connectivity index (χ3n) is 3.37. The molecule has 1 aromatic rings. The van der Waals surface area contributed by atoms with Gasteiger partial charge < -0.3 is 14.6 Å². The predicted octanol–water partition coefficient (Wildman–Crippen LogP) is 2.44. The number of methoxy groups -OCH3 is 1. The van der Waals surface area contributed by atoms with E-state index in [0.29, 0.717) is 12.5 Å². The average molecular weight is 268 g/mol. The summed E-state index contributed by atoms with van der Waals surface area (Å²) in [7, 11) is 1.64. The fourth-order valence-electron chi connectivity index (χ4n) is 2.16. The van der Waals surface area contributed by atoms with Gasteiger partial charge in [0.1, 0.15) is 11.5 Å². The lowest BCUT2D eigenvalue weighted by atomic mass is 9.93. The van der Waals surface area contributed by atoms with Crippen molar-refractivity contribution in [1.82, 2.24) is 0 Å². The highest BCUT2D eigenvalue weighted by Crippen LogP contribution is 2.30. The molecule has 18 heavy (non-hydrogen) atoms. The Hall–Kier alpha value is -0.870. The van der Waals surface area contributed by atoms with Crippen LogP contribution >= 0.6 is 11.8 Å². The van der Waals surface area contributed by atoms with Gasteiger partial charge >= 0.3 is 0 Å². The van der Waals surface area contributed by atoms with Crippen molar-refractivity contribution in [2.75, 3.05) is 31.8 Å². The molecule has 0 radical (unpaired) electrons. The second kappa shape index (κ2) is 6.90. The van der Waals surface area contributed by atoms with Crippen LogP contribution in [0.2, 0.25) is 0 Å². The first kappa shape index (κ1) is 13.6. The van der Waals surface area contributed by atoms with Gasteiger partial charge in [-0.2, -0.15) is 11.8 Å². The molecule has 0 bridgehead atoms. The number of hydrogen-bond donors (Lipinski definition) is 1. The van der Waals surface area contributed by atoms with Crippen LogP contribution < -0.4 is 9.47 Å². The molecule has 0 aromatic heterocycles. The van der Waals surface area contributed by atoms with Crippen LogP contribution in [0.25, 0.3) is 0 Å². The van der Waals surface area contributed by atoms with Crippen molar-refractivity contribution in [1.29, 1.82) is 0 Å². The predicted molar refractivity (Wildman–Crippen MR) is 74.5 cm³/mol. The fraction of sp³-hybridized carbons (Fsp3) is 0.571. The molecule has 2 atom stereocenters. The quantitative estimate of drug-likeness (QED) is 0.860. The van der Waals surface area contributed by atoms with E-state index in [9.17, 15) is 5.11 Å². The maximum atomic E-state index is 9.45. The molecule has 2 unspecified atom stereocenters. The molecular formula is C14H20O3S. The maximum absolute atomic E-state index is 9.45. The molecule has 1 heterocycles. The normalized spacial score (nSPS) is 20.7. The summed E-state index contributed by atoms with van der Waals surface area (Å²) >= 11 is 1.97. The smallest absolute Gasteiger partial charge is 0.123 e. The second-order valence-corrected chi connectivity index (χ2v) is 5.71. The SMILES string of the molecule is COc1cccc(OCC(CO)C2CCSC2)c1. The number of rotatable bonds is 6. The Labute approximate surface area is 112 Å². The summed E-state index contributed by atoms with van der Waals surface area (Å²) in [6.07, 6.45) is 1.19. The Morgan fingerprint density at radius 1 is 1.44 bits per heavy atom. The van der Waals surface area contributed by atoms with E-state index in [1.807, 2.05) is 36.0 Å². The molecule has 0 amide bonds. The van der Waals surface area contributed by atoms with E-state index < -0.39 is 0 Å². The highest BCUT2D eigenvalue weighted by Gasteiger charge is 2.25. The first-order chi connectivity index (χ1) is 8.83. The van der Waals surface area contributed by atoms with Gasteiger partial charge in [-0.15, -0.1) is 0 Å². The van der Waals surface area contributed by atoms with Crippen LogP contribution in [0.1, 0.15) is 6.42 Å². The average Bonchev–Trinajstić information content (AvgIpc) is 2.94. The zero-order chi connectivity index (χ0) is 12.8. The monoisotopic (exact) mass is 268 g/mol. The topological polar surface area (TPSA) is 38.7 Å². The summed E-state index contributed by atoms with van der Waals surface area (Å²) < 4.78 is 10.9. The molecule has 4 heteroatoms. The van der Waals surface area contributed by atoms with Gasteiger partial charge in [0.15, 0.2) is 0 Å². The molecule has 1 fully saturated rings. The van der Waals surface area contributed by atoms with Crippen molar-refractivity contribution in [3.63, 3.8) is 0 Å². The van der Waals surface area contributed by atoms with Crippen LogP contribution in [0.5, 0.6) is 11.5 Å². The third-order valence-corrected chi connectivity index (χ3v) is 4.56. The number of ether oxygens (including phenoxy) is 2. The Morgan fingerprint density at radius 2 is 2.28 bits per heavy atom. The zero-order valence-electron chi connectivity index (χ0n) is 10.7. The van der Waals surface area contributed by atoms with Crippen molar-refractivity contribution >= 4 is 11.8 Å². The van der Waals surface area contributed by atoms with Gasteiger partial charge in [-0.25, -0.2) is 0 Å². The summed E-state index contributed by atoms with van der Waals surface area (Å²) in [6.45, 7) is 0.782. The minimum absolute atomic E-state index is 0.204. The van der Waals surface area contributed by atoms with Crippen molar-refractivity contribution in [3.05, 3.63) is 24.3 Å².